The fraction of sp³-hybridized carbons (Fsp3) is 0.400. The lowest BCUT2D eigenvalue weighted by atomic mass is 10.1. The lowest BCUT2D eigenvalue weighted by Gasteiger charge is -2.13. The minimum absolute atomic E-state index is 0.233. The molecule has 2 aromatic heterocycles. The van der Waals surface area contributed by atoms with Crippen LogP contribution in [0.2, 0.25) is 5.15 Å². The van der Waals surface area contributed by atoms with Crippen LogP contribution in [0.1, 0.15) is 31.2 Å². The standard InChI is InChI=1S/C10H12ClN5O/c1-6(2)8-9(11)13-4-14-10(8)12-3-7-15-5-17-16-7/h4-6H,3H2,1-2H3,(H,12,13,14). The monoisotopic (exact) mass is 253 g/mol. The summed E-state index contributed by atoms with van der Waals surface area (Å²) in [5.41, 5.74) is 0.887. The van der Waals surface area contributed by atoms with Crippen LogP contribution in [0.5, 0.6) is 0 Å². The molecule has 2 aromatic rings. The number of aromatic nitrogens is 4. The van der Waals surface area contributed by atoms with Crippen LogP contribution in [-0.4, -0.2) is 20.1 Å². The van der Waals surface area contributed by atoms with Crippen molar-refractivity contribution in [1.29, 1.82) is 0 Å². The van der Waals surface area contributed by atoms with E-state index in [1.165, 1.54) is 12.7 Å². The van der Waals surface area contributed by atoms with Crippen LogP contribution in [0, 0.1) is 0 Å². The number of halogens is 1. The summed E-state index contributed by atoms with van der Waals surface area (Å²) in [6, 6.07) is 0. The molecule has 0 saturated heterocycles. The van der Waals surface area contributed by atoms with Crippen molar-refractivity contribution in [3.8, 4) is 0 Å². The average Bonchev–Trinajstić information content (AvgIpc) is 2.78. The van der Waals surface area contributed by atoms with Crippen molar-refractivity contribution < 1.29 is 4.52 Å². The van der Waals surface area contributed by atoms with Crippen LogP contribution in [0.15, 0.2) is 17.2 Å². The first kappa shape index (κ1) is 11.8. The minimum atomic E-state index is 0.233. The predicted octanol–water partition coefficient (Wildman–Crippen LogP) is 2.25. The van der Waals surface area contributed by atoms with E-state index in [1.54, 1.807) is 0 Å². The van der Waals surface area contributed by atoms with Crippen molar-refractivity contribution in [2.45, 2.75) is 26.3 Å². The summed E-state index contributed by atoms with van der Waals surface area (Å²) in [6.07, 6.45) is 2.71. The Labute approximate surface area is 103 Å². The third-order valence-electron chi connectivity index (χ3n) is 2.23. The third-order valence-corrected chi connectivity index (χ3v) is 2.53. The third kappa shape index (κ3) is 2.71. The first-order valence-corrected chi connectivity index (χ1v) is 5.55. The molecular formula is C10H12ClN5O. The van der Waals surface area contributed by atoms with E-state index >= 15 is 0 Å². The molecule has 2 heterocycles. The topological polar surface area (TPSA) is 76.7 Å². The summed E-state index contributed by atoms with van der Waals surface area (Å²) in [5.74, 6) is 1.50. The SMILES string of the molecule is CC(C)c1c(Cl)ncnc1NCc1ncon1. The quantitative estimate of drug-likeness (QED) is 0.842. The van der Waals surface area contributed by atoms with Gasteiger partial charge < -0.3 is 9.84 Å². The van der Waals surface area contributed by atoms with Gasteiger partial charge in [-0.05, 0) is 5.92 Å². The van der Waals surface area contributed by atoms with Gasteiger partial charge in [-0.1, -0.05) is 30.6 Å². The largest absolute Gasteiger partial charge is 0.362 e. The maximum absolute atomic E-state index is 6.04. The van der Waals surface area contributed by atoms with E-state index in [2.05, 4.69) is 29.9 Å². The molecule has 0 aromatic carbocycles. The number of anilines is 1. The summed E-state index contributed by atoms with van der Waals surface area (Å²) in [4.78, 5) is 12.0. The van der Waals surface area contributed by atoms with E-state index in [0.29, 0.717) is 23.3 Å². The molecule has 0 amide bonds. The molecule has 17 heavy (non-hydrogen) atoms. The fourth-order valence-corrected chi connectivity index (χ4v) is 1.81. The second-order valence-corrected chi connectivity index (χ2v) is 4.14. The Morgan fingerprint density at radius 2 is 2.18 bits per heavy atom. The first-order chi connectivity index (χ1) is 8.18. The van der Waals surface area contributed by atoms with Crippen LogP contribution in [-0.2, 0) is 6.54 Å². The van der Waals surface area contributed by atoms with Gasteiger partial charge in [0.1, 0.15) is 17.3 Å². The summed E-state index contributed by atoms with van der Waals surface area (Å²) < 4.78 is 4.64. The molecule has 0 unspecified atom stereocenters. The van der Waals surface area contributed by atoms with Gasteiger partial charge >= 0.3 is 0 Å². The summed E-state index contributed by atoms with van der Waals surface area (Å²) in [5, 5.41) is 7.28. The Bertz CT molecular complexity index is 485. The van der Waals surface area contributed by atoms with Gasteiger partial charge in [-0.15, -0.1) is 0 Å². The zero-order valence-electron chi connectivity index (χ0n) is 9.51. The molecule has 0 atom stereocenters. The average molecular weight is 254 g/mol. The van der Waals surface area contributed by atoms with Gasteiger partial charge in [-0.3, -0.25) is 0 Å². The zero-order valence-corrected chi connectivity index (χ0v) is 10.3. The number of hydrogen-bond acceptors (Lipinski definition) is 6. The highest BCUT2D eigenvalue weighted by Gasteiger charge is 2.13. The van der Waals surface area contributed by atoms with Crippen LogP contribution in [0.25, 0.3) is 0 Å². The Balaban J connectivity index is 2.18. The molecule has 0 aliphatic carbocycles. The number of nitrogens with zero attached hydrogens (tertiary/aromatic N) is 4. The van der Waals surface area contributed by atoms with Gasteiger partial charge in [0, 0.05) is 5.56 Å². The Hall–Kier alpha value is -1.69. The molecule has 0 aliphatic heterocycles. The first-order valence-electron chi connectivity index (χ1n) is 5.18. The lowest BCUT2D eigenvalue weighted by Crippen LogP contribution is -2.08. The molecule has 0 bridgehead atoms. The van der Waals surface area contributed by atoms with Crippen molar-refractivity contribution in [3.63, 3.8) is 0 Å². The molecule has 1 N–H and O–H groups in total. The second-order valence-electron chi connectivity index (χ2n) is 3.78. The van der Waals surface area contributed by atoms with Crippen molar-refractivity contribution in [3.05, 3.63) is 29.3 Å². The molecule has 0 spiro atoms. The molecule has 7 heteroatoms. The van der Waals surface area contributed by atoms with E-state index in [1.807, 2.05) is 13.8 Å². The highest BCUT2D eigenvalue weighted by atomic mass is 35.5. The molecule has 0 aliphatic rings. The van der Waals surface area contributed by atoms with Crippen LogP contribution in [0.4, 0.5) is 5.82 Å². The van der Waals surface area contributed by atoms with Crippen LogP contribution in [0.3, 0.4) is 0 Å². The molecular weight excluding hydrogens is 242 g/mol. The zero-order chi connectivity index (χ0) is 12.3. The van der Waals surface area contributed by atoms with Gasteiger partial charge in [0.2, 0.25) is 6.39 Å². The van der Waals surface area contributed by atoms with Gasteiger partial charge in [0.05, 0.1) is 6.54 Å². The molecule has 0 radical (unpaired) electrons. The van der Waals surface area contributed by atoms with Crippen LogP contribution < -0.4 is 5.32 Å². The summed E-state index contributed by atoms with van der Waals surface area (Å²) in [7, 11) is 0. The van der Waals surface area contributed by atoms with Crippen molar-refractivity contribution in [1.82, 2.24) is 20.1 Å². The Kier molecular flexibility index (Phi) is 3.53. The van der Waals surface area contributed by atoms with Crippen molar-refractivity contribution in [2.24, 2.45) is 0 Å². The molecule has 2 rings (SSSR count). The molecule has 90 valence electrons. The van der Waals surface area contributed by atoms with E-state index in [-0.39, 0.29) is 5.92 Å². The highest BCUT2D eigenvalue weighted by molar-refractivity contribution is 6.30. The number of rotatable bonds is 4. The summed E-state index contributed by atoms with van der Waals surface area (Å²) >= 11 is 6.04. The van der Waals surface area contributed by atoms with Gasteiger partial charge in [-0.25, -0.2) is 9.97 Å². The normalized spacial score (nSPS) is 10.8. The fourth-order valence-electron chi connectivity index (χ4n) is 1.46. The van der Waals surface area contributed by atoms with E-state index < -0.39 is 0 Å². The highest BCUT2D eigenvalue weighted by Crippen LogP contribution is 2.27. The van der Waals surface area contributed by atoms with E-state index in [0.717, 1.165) is 5.56 Å². The molecule has 0 fully saturated rings. The van der Waals surface area contributed by atoms with E-state index in [4.69, 9.17) is 11.6 Å². The van der Waals surface area contributed by atoms with Crippen LogP contribution >= 0.6 is 11.6 Å². The Morgan fingerprint density at radius 1 is 1.35 bits per heavy atom. The van der Waals surface area contributed by atoms with Crippen molar-refractivity contribution >= 4 is 17.4 Å². The van der Waals surface area contributed by atoms with Gasteiger partial charge in [0.15, 0.2) is 5.82 Å². The maximum atomic E-state index is 6.04. The van der Waals surface area contributed by atoms with Crippen molar-refractivity contribution in [2.75, 3.05) is 5.32 Å². The van der Waals surface area contributed by atoms with Gasteiger partial charge in [0.25, 0.3) is 0 Å². The number of hydrogen-bond donors (Lipinski definition) is 1. The lowest BCUT2D eigenvalue weighted by molar-refractivity contribution is 0.411. The molecule has 6 nitrogen and oxygen atoms in total. The molecule has 0 saturated carbocycles. The smallest absolute Gasteiger partial charge is 0.213 e. The van der Waals surface area contributed by atoms with Gasteiger partial charge in [-0.2, -0.15) is 4.98 Å². The number of nitrogens with one attached hydrogen (secondary N) is 1. The maximum Gasteiger partial charge on any atom is 0.213 e. The predicted molar refractivity (Wildman–Crippen MR) is 62.8 cm³/mol. The minimum Gasteiger partial charge on any atom is -0.362 e. The van der Waals surface area contributed by atoms with E-state index in [9.17, 15) is 0 Å². The second kappa shape index (κ2) is 5.09. The summed E-state index contributed by atoms with van der Waals surface area (Å²) in [6.45, 7) is 4.50. The Morgan fingerprint density at radius 3 is 2.82 bits per heavy atom.